The molecule has 1 nitrogen and oxygen atoms in total. The molecule has 0 spiro atoms. The highest BCUT2D eigenvalue weighted by atomic mass is 16.3. The van der Waals surface area contributed by atoms with E-state index in [0.717, 1.165) is 16.7 Å². The van der Waals surface area contributed by atoms with E-state index >= 15 is 0 Å². The second-order valence-electron chi connectivity index (χ2n) is 9.23. The lowest BCUT2D eigenvalue weighted by molar-refractivity contribution is 0.446. The first kappa shape index (κ1) is 20.9. The summed E-state index contributed by atoms with van der Waals surface area (Å²) in [5, 5.41) is 11.3. The summed E-state index contributed by atoms with van der Waals surface area (Å²) in [6.45, 7) is 8.93. The molecule has 0 unspecified atom stereocenters. The molecule has 0 bridgehead atoms. The number of rotatable bonds is 5. The summed E-state index contributed by atoms with van der Waals surface area (Å²) in [5.41, 5.74) is 6.18. The van der Waals surface area contributed by atoms with Crippen molar-refractivity contribution < 1.29 is 5.11 Å². The topological polar surface area (TPSA) is 20.2 Å². The normalized spacial score (nSPS) is 12.0. The molecule has 0 fully saturated rings. The Morgan fingerprint density at radius 3 is 1.39 bits per heavy atom. The van der Waals surface area contributed by atoms with E-state index < -0.39 is 0 Å². The van der Waals surface area contributed by atoms with Crippen LogP contribution in [0.2, 0.25) is 0 Å². The summed E-state index contributed by atoms with van der Waals surface area (Å²) in [6.07, 6.45) is 0. The van der Waals surface area contributed by atoms with Gasteiger partial charge in [0.1, 0.15) is 5.75 Å². The Morgan fingerprint density at radius 1 is 0.484 bits per heavy atom. The van der Waals surface area contributed by atoms with E-state index in [0.29, 0.717) is 5.75 Å². The third kappa shape index (κ3) is 3.77. The van der Waals surface area contributed by atoms with Gasteiger partial charge in [0.15, 0.2) is 0 Å². The SMILES string of the molecule is CC(C)(c1ccccc1)c1c(O)ccc(-c2ccccc2)c1C(C)(C)c1ccccc1. The molecule has 0 aliphatic rings. The Labute approximate surface area is 186 Å². The van der Waals surface area contributed by atoms with Crippen molar-refractivity contribution in [1.82, 2.24) is 0 Å². The van der Waals surface area contributed by atoms with Gasteiger partial charge in [-0.1, -0.05) is 125 Å². The van der Waals surface area contributed by atoms with Crippen molar-refractivity contribution in [2.24, 2.45) is 0 Å². The summed E-state index contributed by atoms with van der Waals surface area (Å²) >= 11 is 0. The zero-order valence-electron chi connectivity index (χ0n) is 18.8. The number of hydrogen-bond acceptors (Lipinski definition) is 1. The highest BCUT2D eigenvalue weighted by molar-refractivity contribution is 5.75. The molecule has 0 heterocycles. The molecule has 31 heavy (non-hydrogen) atoms. The van der Waals surface area contributed by atoms with Crippen molar-refractivity contribution in [3.63, 3.8) is 0 Å². The van der Waals surface area contributed by atoms with Crippen LogP contribution in [0, 0.1) is 0 Å². The van der Waals surface area contributed by atoms with Crippen LogP contribution in [-0.2, 0) is 10.8 Å². The summed E-state index contributed by atoms with van der Waals surface area (Å²) in [7, 11) is 0. The molecule has 0 saturated heterocycles. The lowest BCUT2D eigenvalue weighted by atomic mass is 9.66. The van der Waals surface area contributed by atoms with Gasteiger partial charge in [-0.25, -0.2) is 0 Å². The van der Waals surface area contributed by atoms with Crippen molar-refractivity contribution in [2.45, 2.75) is 38.5 Å². The molecule has 0 amide bonds. The summed E-state index contributed by atoms with van der Waals surface area (Å²) in [6, 6.07) is 35.5. The van der Waals surface area contributed by atoms with Crippen molar-refractivity contribution in [2.75, 3.05) is 0 Å². The Bertz CT molecular complexity index is 1160. The molecule has 4 aromatic carbocycles. The first-order valence-corrected chi connectivity index (χ1v) is 10.9. The Balaban J connectivity index is 2.08. The lowest BCUT2D eigenvalue weighted by Crippen LogP contribution is -2.29. The zero-order valence-corrected chi connectivity index (χ0v) is 18.8. The highest BCUT2D eigenvalue weighted by Crippen LogP contribution is 2.49. The number of benzene rings is 4. The van der Waals surface area contributed by atoms with Gasteiger partial charge in [-0.05, 0) is 33.9 Å². The molecular weight excluding hydrogens is 376 g/mol. The van der Waals surface area contributed by atoms with Gasteiger partial charge in [-0.15, -0.1) is 0 Å². The minimum absolute atomic E-state index is 0.313. The number of phenols is 1. The summed E-state index contributed by atoms with van der Waals surface area (Å²) in [4.78, 5) is 0. The number of aromatic hydroxyl groups is 1. The molecule has 1 N–H and O–H groups in total. The number of hydrogen-bond donors (Lipinski definition) is 1. The van der Waals surface area contributed by atoms with E-state index in [4.69, 9.17) is 0 Å². The van der Waals surface area contributed by atoms with Gasteiger partial charge < -0.3 is 5.11 Å². The second-order valence-corrected chi connectivity index (χ2v) is 9.23. The van der Waals surface area contributed by atoms with Crippen LogP contribution in [0.15, 0.2) is 103 Å². The van der Waals surface area contributed by atoms with Gasteiger partial charge in [0.25, 0.3) is 0 Å². The molecule has 156 valence electrons. The third-order valence-electron chi connectivity index (χ3n) is 6.51. The van der Waals surface area contributed by atoms with Gasteiger partial charge in [0.05, 0.1) is 0 Å². The lowest BCUT2D eigenvalue weighted by Gasteiger charge is -2.37. The molecule has 0 aliphatic heterocycles. The minimum Gasteiger partial charge on any atom is -0.508 e. The van der Waals surface area contributed by atoms with E-state index in [2.05, 4.69) is 113 Å². The van der Waals surface area contributed by atoms with Crippen LogP contribution in [0.5, 0.6) is 5.75 Å². The maximum absolute atomic E-state index is 11.3. The van der Waals surface area contributed by atoms with Gasteiger partial charge in [0, 0.05) is 16.4 Å². The molecule has 4 aromatic rings. The maximum atomic E-state index is 11.3. The fraction of sp³-hybridized carbons (Fsp3) is 0.200. The van der Waals surface area contributed by atoms with Crippen LogP contribution in [0.4, 0.5) is 0 Å². The molecule has 0 saturated carbocycles. The molecule has 4 rings (SSSR count). The van der Waals surface area contributed by atoms with Crippen LogP contribution in [0.1, 0.15) is 49.9 Å². The quantitative estimate of drug-likeness (QED) is 0.360. The van der Waals surface area contributed by atoms with E-state index in [1.54, 1.807) is 0 Å². The minimum atomic E-state index is -0.377. The van der Waals surface area contributed by atoms with Crippen LogP contribution in [0.3, 0.4) is 0 Å². The fourth-order valence-corrected chi connectivity index (χ4v) is 4.73. The first-order chi connectivity index (χ1) is 14.8. The van der Waals surface area contributed by atoms with E-state index in [-0.39, 0.29) is 10.8 Å². The van der Waals surface area contributed by atoms with Crippen LogP contribution in [-0.4, -0.2) is 5.11 Å². The predicted octanol–water partition coefficient (Wildman–Crippen LogP) is 7.71. The van der Waals surface area contributed by atoms with Crippen molar-refractivity contribution >= 4 is 0 Å². The Hall–Kier alpha value is -3.32. The zero-order chi connectivity index (χ0) is 22.1. The number of phenolic OH excluding ortho intramolecular Hbond substituents is 1. The molecule has 0 aromatic heterocycles. The van der Waals surface area contributed by atoms with Crippen LogP contribution in [0.25, 0.3) is 11.1 Å². The van der Waals surface area contributed by atoms with Crippen molar-refractivity contribution in [3.8, 4) is 16.9 Å². The van der Waals surface area contributed by atoms with Crippen LogP contribution >= 0.6 is 0 Å². The van der Waals surface area contributed by atoms with Crippen molar-refractivity contribution in [1.29, 1.82) is 0 Å². The molecule has 0 atom stereocenters. The molecule has 1 heteroatoms. The average Bonchev–Trinajstić information content (AvgIpc) is 2.80. The fourth-order valence-electron chi connectivity index (χ4n) is 4.73. The highest BCUT2D eigenvalue weighted by Gasteiger charge is 2.37. The van der Waals surface area contributed by atoms with E-state index in [9.17, 15) is 5.11 Å². The average molecular weight is 407 g/mol. The van der Waals surface area contributed by atoms with Crippen molar-refractivity contribution in [3.05, 3.63) is 125 Å². The van der Waals surface area contributed by atoms with Gasteiger partial charge in [-0.3, -0.25) is 0 Å². The molecule has 0 aliphatic carbocycles. The Morgan fingerprint density at radius 2 is 0.903 bits per heavy atom. The van der Waals surface area contributed by atoms with Crippen LogP contribution < -0.4 is 0 Å². The monoisotopic (exact) mass is 406 g/mol. The smallest absolute Gasteiger partial charge is 0.120 e. The Kier molecular flexibility index (Phi) is 5.45. The first-order valence-electron chi connectivity index (χ1n) is 10.9. The second kappa shape index (κ2) is 8.07. The summed E-state index contributed by atoms with van der Waals surface area (Å²) < 4.78 is 0. The standard InChI is InChI=1S/C30H30O/c1-29(2,23-16-10-6-11-17-23)27-25(22-14-8-5-9-15-22)20-21-26(31)28(27)30(3,4)24-18-12-7-13-19-24/h5-21,31H,1-4H3. The molecular formula is C30H30O. The van der Waals surface area contributed by atoms with E-state index in [1.165, 1.54) is 16.7 Å². The van der Waals surface area contributed by atoms with Gasteiger partial charge in [0.2, 0.25) is 0 Å². The largest absolute Gasteiger partial charge is 0.508 e. The maximum Gasteiger partial charge on any atom is 0.120 e. The third-order valence-corrected chi connectivity index (χ3v) is 6.51. The predicted molar refractivity (Wildman–Crippen MR) is 131 cm³/mol. The molecule has 0 radical (unpaired) electrons. The van der Waals surface area contributed by atoms with E-state index in [1.807, 2.05) is 18.2 Å². The van der Waals surface area contributed by atoms with Gasteiger partial charge in [-0.2, -0.15) is 0 Å². The summed E-state index contributed by atoms with van der Waals surface area (Å²) in [5.74, 6) is 0.340. The van der Waals surface area contributed by atoms with Gasteiger partial charge >= 0.3 is 0 Å².